The molecule has 3 rings (SSSR count). The van der Waals surface area contributed by atoms with Crippen LogP contribution in [0.2, 0.25) is 5.02 Å². The fraction of sp³-hybridized carbons (Fsp3) is 0.389. The molecule has 0 atom stereocenters. The van der Waals surface area contributed by atoms with Crippen LogP contribution in [0.15, 0.2) is 18.2 Å². The summed E-state index contributed by atoms with van der Waals surface area (Å²) < 4.78 is 0. The van der Waals surface area contributed by atoms with E-state index in [1.54, 1.807) is 0 Å². The monoisotopic (exact) mass is 313 g/mol. The molecule has 4 heteroatoms. The maximum Gasteiger partial charge on any atom is 0.124 e. The molecule has 0 bridgehead atoms. The normalized spacial score (nSPS) is 14.9. The number of benzene rings is 1. The first-order valence-electron chi connectivity index (χ1n) is 7.76. The zero-order chi connectivity index (χ0) is 15.7. The van der Waals surface area contributed by atoms with Crippen molar-refractivity contribution < 1.29 is 0 Å². The standard InChI is InChI=1S/C18H20ClN3/c1-12-6-7-14(10-16(12)19)17-13(2)15(11-20)18(21-17)22-8-4-3-5-9-22/h6-7,10,21H,3-5,8-9H2,1-2H3. The number of halogens is 1. The van der Waals surface area contributed by atoms with E-state index >= 15 is 0 Å². The van der Waals surface area contributed by atoms with E-state index < -0.39 is 0 Å². The van der Waals surface area contributed by atoms with Crippen LogP contribution in [-0.2, 0) is 0 Å². The fourth-order valence-corrected chi connectivity index (χ4v) is 3.29. The van der Waals surface area contributed by atoms with Crippen molar-refractivity contribution in [2.75, 3.05) is 18.0 Å². The van der Waals surface area contributed by atoms with Crippen LogP contribution in [0, 0.1) is 25.2 Å². The minimum absolute atomic E-state index is 0.754. The summed E-state index contributed by atoms with van der Waals surface area (Å²) in [6.45, 7) is 6.03. The Morgan fingerprint density at radius 2 is 1.91 bits per heavy atom. The molecule has 1 aromatic heterocycles. The molecule has 0 unspecified atom stereocenters. The van der Waals surface area contributed by atoms with E-state index in [9.17, 15) is 5.26 Å². The van der Waals surface area contributed by atoms with Crippen LogP contribution in [0.1, 0.15) is 36.0 Å². The van der Waals surface area contributed by atoms with Crippen LogP contribution < -0.4 is 4.90 Å². The number of H-pyrrole nitrogens is 1. The number of piperidine rings is 1. The van der Waals surface area contributed by atoms with Crippen molar-refractivity contribution in [3.63, 3.8) is 0 Å². The largest absolute Gasteiger partial charge is 0.357 e. The van der Waals surface area contributed by atoms with Crippen LogP contribution in [0.3, 0.4) is 0 Å². The highest BCUT2D eigenvalue weighted by atomic mass is 35.5. The number of aromatic nitrogens is 1. The summed E-state index contributed by atoms with van der Waals surface area (Å²) in [6, 6.07) is 8.42. The van der Waals surface area contributed by atoms with E-state index in [2.05, 4.69) is 22.0 Å². The van der Waals surface area contributed by atoms with Crippen molar-refractivity contribution in [1.29, 1.82) is 5.26 Å². The zero-order valence-electron chi connectivity index (χ0n) is 13.0. The third kappa shape index (κ3) is 2.60. The Morgan fingerprint density at radius 3 is 2.55 bits per heavy atom. The van der Waals surface area contributed by atoms with Gasteiger partial charge >= 0.3 is 0 Å². The quantitative estimate of drug-likeness (QED) is 0.864. The predicted molar refractivity (Wildman–Crippen MR) is 91.5 cm³/mol. The Labute approximate surface area is 136 Å². The van der Waals surface area contributed by atoms with Crippen molar-refractivity contribution in [1.82, 2.24) is 4.98 Å². The van der Waals surface area contributed by atoms with Gasteiger partial charge in [-0.25, -0.2) is 0 Å². The number of aromatic amines is 1. The Kier molecular flexibility index (Phi) is 4.13. The van der Waals surface area contributed by atoms with E-state index in [0.717, 1.165) is 51.9 Å². The molecule has 0 saturated carbocycles. The highest BCUT2D eigenvalue weighted by molar-refractivity contribution is 6.31. The fourth-order valence-electron chi connectivity index (χ4n) is 3.11. The number of anilines is 1. The van der Waals surface area contributed by atoms with Crippen LogP contribution in [0.4, 0.5) is 5.82 Å². The second-order valence-corrected chi connectivity index (χ2v) is 6.38. The molecule has 1 saturated heterocycles. The number of hydrogen-bond acceptors (Lipinski definition) is 2. The van der Waals surface area contributed by atoms with E-state index in [0.29, 0.717) is 0 Å². The van der Waals surface area contributed by atoms with Gasteiger partial charge in [-0.05, 0) is 55.9 Å². The SMILES string of the molecule is Cc1ccc(-c2[nH]c(N3CCCCC3)c(C#N)c2C)cc1Cl. The highest BCUT2D eigenvalue weighted by Gasteiger charge is 2.21. The zero-order valence-corrected chi connectivity index (χ0v) is 13.8. The van der Waals surface area contributed by atoms with Gasteiger partial charge in [0.25, 0.3) is 0 Å². The van der Waals surface area contributed by atoms with Gasteiger partial charge in [0.05, 0.1) is 11.3 Å². The number of aryl methyl sites for hydroxylation is 1. The molecule has 0 aliphatic carbocycles. The lowest BCUT2D eigenvalue weighted by atomic mass is 10.0. The molecule has 0 spiro atoms. The van der Waals surface area contributed by atoms with Crippen molar-refractivity contribution >= 4 is 17.4 Å². The summed E-state index contributed by atoms with van der Waals surface area (Å²) >= 11 is 6.26. The Hall–Kier alpha value is -1.92. The summed E-state index contributed by atoms with van der Waals surface area (Å²) in [5, 5.41) is 10.3. The maximum absolute atomic E-state index is 9.57. The highest BCUT2D eigenvalue weighted by Crippen LogP contribution is 2.34. The topological polar surface area (TPSA) is 42.8 Å². The molecule has 1 aliphatic heterocycles. The predicted octanol–water partition coefficient (Wildman–Crippen LogP) is 4.81. The lowest BCUT2D eigenvalue weighted by Gasteiger charge is -2.27. The van der Waals surface area contributed by atoms with Gasteiger partial charge in [0.1, 0.15) is 11.9 Å². The number of nitrogens with zero attached hydrogens (tertiary/aromatic N) is 2. The number of rotatable bonds is 2. The summed E-state index contributed by atoms with van der Waals surface area (Å²) in [4.78, 5) is 5.78. The Morgan fingerprint density at radius 1 is 1.18 bits per heavy atom. The van der Waals surface area contributed by atoms with Gasteiger partial charge in [0.15, 0.2) is 0 Å². The first-order valence-corrected chi connectivity index (χ1v) is 8.13. The van der Waals surface area contributed by atoms with Crippen LogP contribution in [-0.4, -0.2) is 18.1 Å². The first kappa shape index (κ1) is 15.0. The molecular weight excluding hydrogens is 294 g/mol. The van der Waals surface area contributed by atoms with Gasteiger partial charge in [-0.1, -0.05) is 23.7 Å². The molecule has 22 heavy (non-hydrogen) atoms. The lowest BCUT2D eigenvalue weighted by molar-refractivity contribution is 0.574. The number of hydrogen-bond donors (Lipinski definition) is 1. The van der Waals surface area contributed by atoms with E-state index in [4.69, 9.17) is 11.6 Å². The third-order valence-corrected chi connectivity index (χ3v) is 4.88. The summed E-state index contributed by atoms with van der Waals surface area (Å²) in [7, 11) is 0. The average molecular weight is 314 g/mol. The molecule has 1 N–H and O–H groups in total. The molecule has 1 aliphatic rings. The van der Waals surface area contributed by atoms with Crippen LogP contribution >= 0.6 is 11.6 Å². The molecule has 114 valence electrons. The van der Waals surface area contributed by atoms with Gasteiger partial charge in [-0.2, -0.15) is 5.26 Å². The van der Waals surface area contributed by atoms with Gasteiger partial charge in [-0.15, -0.1) is 0 Å². The minimum atomic E-state index is 0.754. The molecule has 0 radical (unpaired) electrons. The molecule has 3 nitrogen and oxygen atoms in total. The van der Waals surface area contributed by atoms with Gasteiger partial charge in [0.2, 0.25) is 0 Å². The second-order valence-electron chi connectivity index (χ2n) is 5.97. The Balaban J connectivity index is 2.07. The number of nitriles is 1. The molecule has 0 amide bonds. The summed E-state index contributed by atoms with van der Waals surface area (Å²) in [6.07, 6.45) is 3.65. The second kappa shape index (κ2) is 6.06. The van der Waals surface area contributed by atoms with E-state index in [-0.39, 0.29) is 0 Å². The van der Waals surface area contributed by atoms with E-state index in [1.165, 1.54) is 19.3 Å². The van der Waals surface area contributed by atoms with Crippen molar-refractivity contribution in [3.8, 4) is 17.3 Å². The average Bonchev–Trinajstić information content (AvgIpc) is 2.87. The smallest absolute Gasteiger partial charge is 0.124 e. The Bertz CT molecular complexity index is 734. The summed E-state index contributed by atoms with van der Waals surface area (Å²) in [5.41, 5.74) is 4.86. The molecule has 2 heterocycles. The van der Waals surface area contributed by atoms with Crippen LogP contribution in [0.25, 0.3) is 11.3 Å². The van der Waals surface area contributed by atoms with Gasteiger partial charge in [0, 0.05) is 18.1 Å². The van der Waals surface area contributed by atoms with Crippen LogP contribution in [0.5, 0.6) is 0 Å². The minimum Gasteiger partial charge on any atom is -0.357 e. The van der Waals surface area contributed by atoms with Gasteiger partial charge < -0.3 is 9.88 Å². The van der Waals surface area contributed by atoms with Crippen molar-refractivity contribution in [3.05, 3.63) is 39.9 Å². The van der Waals surface area contributed by atoms with E-state index in [1.807, 2.05) is 26.0 Å². The maximum atomic E-state index is 9.57. The molecule has 1 fully saturated rings. The first-order chi connectivity index (χ1) is 10.6. The number of nitrogens with one attached hydrogen (secondary N) is 1. The molecular formula is C18H20ClN3. The van der Waals surface area contributed by atoms with Crippen molar-refractivity contribution in [2.24, 2.45) is 0 Å². The lowest BCUT2D eigenvalue weighted by Crippen LogP contribution is -2.30. The molecule has 2 aromatic rings. The van der Waals surface area contributed by atoms with Crippen molar-refractivity contribution in [2.45, 2.75) is 33.1 Å². The molecule has 1 aromatic carbocycles. The van der Waals surface area contributed by atoms with Gasteiger partial charge in [-0.3, -0.25) is 0 Å². The summed E-state index contributed by atoms with van der Waals surface area (Å²) in [5.74, 6) is 0.964. The third-order valence-electron chi connectivity index (χ3n) is 4.47.